The second-order valence-corrected chi connectivity index (χ2v) is 7.71. The van der Waals surface area contributed by atoms with Gasteiger partial charge < -0.3 is 5.32 Å². The summed E-state index contributed by atoms with van der Waals surface area (Å²) in [6.07, 6.45) is 1.11. The normalized spacial score (nSPS) is 11.1. The number of nitrogens with one attached hydrogen (secondary N) is 1. The monoisotopic (exact) mass is 372 g/mol. The van der Waals surface area contributed by atoms with E-state index in [1.807, 2.05) is 0 Å². The van der Waals surface area contributed by atoms with Crippen LogP contribution in [0.5, 0.6) is 0 Å². The Labute approximate surface area is 144 Å². The molecule has 2 aromatic carbocycles. The number of rotatable bonds is 4. The van der Waals surface area contributed by atoms with Crippen molar-refractivity contribution in [1.29, 1.82) is 0 Å². The molecule has 0 radical (unpaired) electrons. The first-order chi connectivity index (χ1) is 10.7. The molecule has 0 heterocycles. The molecule has 1 N–H and O–H groups in total. The molecule has 0 atom stereocenters. The average Bonchev–Trinajstić information content (AvgIpc) is 2.49. The molecule has 0 unspecified atom stereocenters. The molecule has 8 heteroatoms. The number of anilines is 2. The Morgan fingerprint density at radius 3 is 2.26 bits per heavy atom. The van der Waals surface area contributed by atoms with Crippen LogP contribution in [0, 0.1) is 0 Å². The minimum absolute atomic E-state index is 0.367. The van der Waals surface area contributed by atoms with Crippen LogP contribution < -0.4 is 9.62 Å². The van der Waals surface area contributed by atoms with Gasteiger partial charge in [-0.05, 0) is 42.5 Å². The summed E-state index contributed by atoms with van der Waals surface area (Å²) in [5, 5.41) is 3.48. The maximum atomic E-state index is 12.2. The van der Waals surface area contributed by atoms with Crippen molar-refractivity contribution >= 4 is 50.5 Å². The number of nitrogens with zero attached hydrogens (tertiary/aromatic N) is 1. The predicted octanol–water partition coefficient (Wildman–Crippen LogP) is 3.64. The fraction of sp³-hybridized carbons (Fsp3) is 0.133. The van der Waals surface area contributed by atoms with Crippen molar-refractivity contribution in [1.82, 2.24) is 0 Å². The molecule has 0 saturated heterocycles. The minimum atomic E-state index is -3.35. The zero-order valence-corrected chi connectivity index (χ0v) is 14.7. The lowest BCUT2D eigenvalue weighted by atomic mass is 10.2. The quantitative estimate of drug-likeness (QED) is 0.890. The molecule has 5 nitrogen and oxygen atoms in total. The second-order valence-electron chi connectivity index (χ2n) is 4.86. The lowest BCUT2D eigenvalue weighted by Gasteiger charge is -2.16. The smallest absolute Gasteiger partial charge is 0.255 e. The third kappa shape index (κ3) is 4.37. The van der Waals surface area contributed by atoms with Crippen molar-refractivity contribution in [3.8, 4) is 0 Å². The number of amides is 1. The van der Waals surface area contributed by atoms with Crippen LogP contribution in [0.4, 0.5) is 11.4 Å². The van der Waals surface area contributed by atoms with Gasteiger partial charge in [-0.3, -0.25) is 9.10 Å². The van der Waals surface area contributed by atoms with E-state index in [0.29, 0.717) is 27.0 Å². The van der Waals surface area contributed by atoms with Crippen molar-refractivity contribution in [2.45, 2.75) is 0 Å². The third-order valence-corrected chi connectivity index (χ3v) is 4.94. The molecule has 0 saturated carbocycles. The van der Waals surface area contributed by atoms with Gasteiger partial charge in [0.05, 0.1) is 22.7 Å². The summed E-state index contributed by atoms with van der Waals surface area (Å²) in [6, 6.07) is 10.9. The molecule has 0 spiro atoms. The topological polar surface area (TPSA) is 66.5 Å². The Balaban J connectivity index is 2.19. The maximum Gasteiger partial charge on any atom is 0.255 e. The van der Waals surface area contributed by atoms with Crippen molar-refractivity contribution in [3.63, 3.8) is 0 Å². The molecule has 1 amide bonds. The van der Waals surface area contributed by atoms with Gasteiger partial charge in [0.15, 0.2) is 0 Å². The summed E-state index contributed by atoms with van der Waals surface area (Å²) in [7, 11) is -1.91. The predicted molar refractivity (Wildman–Crippen MR) is 94.1 cm³/mol. The molecule has 122 valence electrons. The molecule has 23 heavy (non-hydrogen) atoms. The van der Waals surface area contributed by atoms with Gasteiger partial charge in [0.25, 0.3) is 5.91 Å². The van der Waals surface area contributed by atoms with E-state index in [4.69, 9.17) is 23.2 Å². The number of hydrogen-bond donors (Lipinski definition) is 1. The number of carbonyl (C=O) groups is 1. The van der Waals surface area contributed by atoms with Gasteiger partial charge in [-0.2, -0.15) is 0 Å². The van der Waals surface area contributed by atoms with Crippen molar-refractivity contribution < 1.29 is 13.2 Å². The molecule has 0 aliphatic carbocycles. The van der Waals surface area contributed by atoms with Gasteiger partial charge in [-0.1, -0.05) is 23.2 Å². The van der Waals surface area contributed by atoms with Gasteiger partial charge in [-0.15, -0.1) is 0 Å². The molecular formula is C15H14Cl2N2O3S. The van der Waals surface area contributed by atoms with E-state index in [1.165, 1.54) is 19.2 Å². The average molecular weight is 373 g/mol. The summed E-state index contributed by atoms with van der Waals surface area (Å²) in [4.78, 5) is 12.2. The Morgan fingerprint density at radius 1 is 1.09 bits per heavy atom. The Morgan fingerprint density at radius 2 is 1.70 bits per heavy atom. The van der Waals surface area contributed by atoms with Gasteiger partial charge in [0, 0.05) is 17.6 Å². The van der Waals surface area contributed by atoms with E-state index in [0.717, 1.165) is 10.6 Å². The SMILES string of the molecule is CN(c1ccc(C(=O)Nc2cc(Cl)ccc2Cl)cc1)S(C)(=O)=O. The Bertz CT molecular complexity index is 836. The number of hydrogen-bond acceptors (Lipinski definition) is 3. The summed E-state index contributed by atoms with van der Waals surface area (Å²) >= 11 is 11.9. The highest BCUT2D eigenvalue weighted by atomic mass is 35.5. The van der Waals surface area contributed by atoms with Crippen LogP contribution >= 0.6 is 23.2 Å². The van der Waals surface area contributed by atoms with Gasteiger partial charge >= 0.3 is 0 Å². The van der Waals surface area contributed by atoms with Crippen LogP contribution in [-0.2, 0) is 10.0 Å². The number of sulfonamides is 1. The molecule has 0 bridgehead atoms. The lowest BCUT2D eigenvalue weighted by Crippen LogP contribution is -2.24. The highest BCUT2D eigenvalue weighted by Gasteiger charge is 2.13. The molecule has 0 fully saturated rings. The van der Waals surface area contributed by atoms with E-state index >= 15 is 0 Å². The van der Waals surface area contributed by atoms with Crippen molar-refractivity contribution in [2.24, 2.45) is 0 Å². The van der Waals surface area contributed by atoms with E-state index in [9.17, 15) is 13.2 Å². The fourth-order valence-corrected chi connectivity index (χ4v) is 2.64. The number of carbonyl (C=O) groups excluding carboxylic acids is 1. The number of halogens is 2. The fourth-order valence-electron chi connectivity index (χ4n) is 1.80. The Hall–Kier alpha value is -1.76. The first-order valence-electron chi connectivity index (χ1n) is 6.49. The van der Waals surface area contributed by atoms with Crippen LogP contribution in [0.3, 0.4) is 0 Å². The molecular weight excluding hydrogens is 359 g/mol. The molecule has 2 rings (SSSR count). The van der Waals surface area contributed by atoms with Crippen molar-refractivity contribution in [3.05, 3.63) is 58.1 Å². The zero-order chi connectivity index (χ0) is 17.2. The van der Waals surface area contributed by atoms with Gasteiger partial charge in [0.2, 0.25) is 10.0 Å². The first-order valence-corrected chi connectivity index (χ1v) is 9.09. The Kier molecular flexibility index (Phi) is 5.19. The van der Waals surface area contributed by atoms with Crippen LogP contribution in [0.15, 0.2) is 42.5 Å². The van der Waals surface area contributed by atoms with E-state index in [-0.39, 0.29) is 5.91 Å². The summed E-state index contributed by atoms with van der Waals surface area (Å²) < 4.78 is 24.1. The lowest BCUT2D eigenvalue weighted by molar-refractivity contribution is 0.102. The van der Waals surface area contributed by atoms with E-state index in [2.05, 4.69) is 5.32 Å². The van der Waals surface area contributed by atoms with E-state index < -0.39 is 10.0 Å². The van der Waals surface area contributed by atoms with Crippen LogP contribution in [0.2, 0.25) is 10.0 Å². The summed E-state index contributed by atoms with van der Waals surface area (Å²) in [5.41, 5.74) is 1.23. The molecule has 0 aromatic heterocycles. The third-order valence-electron chi connectivity index (χ3n) is 3.17. The van der Waals surface area contributed by atoms with Crippen LogP contribution in [-0.4, -0.2) is 27.6 Å². The first kappa shape index (κ1) is 17.6. The second kappa shape index (κ2) is 6.78. The van der Waals surface area contributed by atoms with Crippen LogP contribution in [0.1, 0.15) is 10.4 Å². The van der Waals surface area contributed by atoms with E-state index in [1.54, 1.807) is 30.3 Å². The molecule has 0 aliphatic rings. The highest BCUT2D eigenvalue weighted by molar-refractivity contribution is 7.92. The zero-order valence-electron chi connectivity index (χ0n) is 12.4. The van der Waals surface area contributed by atoms with Crippen molar-refractivity contribution in [2.75, 3.05) is 22.9 Å². The number of benzene rings is 2. The van der Waals surface area contributed by atoms with Crippen LogP contribution in [0.25, 0.3) is 0 Å². The van der Waals surface area contributed by atoms with Gasteiger partial charge in [0.1, 0.15) is 0 Å². The maximum absolute atomic E-state index is 12.2. The minimum Gasteiger partial charge on any atom is -0.321 e. The summed E-state index contributed by atoms with van der Waals surface area (Å²) in [6.45, 7) is 0. The summed E-state index contributed by atoms with van der Waals surface area (Å²) in [5.74, 6) is -0.372. The largest absolute Gasteiger partial charge is 0.321 e. The molecule has 2 aromatic rings. The van der Waals surface area contributed by atoms with Gasteiger partial charge in [-0.25, -0.2) is 8.42 Å². The highest BCUT2D eigenvalue weighted by Crippen LogP contribution is 2.26. The standard InChI is InChI=1S/C15H14Cl2N2O3S/c1-19(23(2,21)22)12-6-3-10(4-7-12)15(20)18-14-9-11(16)5-8-13(14)17/h3-9H,1-2H3,(H,18,20). The molecule has 0 aliphatic heterocycles.